The maximum atomic E-state index is 12.4. The van der Waals surface area contributed by atoms with Crippen molar-refractivity contribution in [2.45, 2.75) is 24.7 Å². The van der Waals surface area contributed by atoms with E-state index in [9.17, 15) is 14.4 Å². The van der Waals surface area contributed by atoms with Crippen molar-refractivity contribution in [3.8, 4) is 0 Å². The lowest BCUT2D eigenvalue weighted by Crippen LogP contribution is -2.28. The SMILES string of the molecule is CCc1ccccc1N1C[C@H](C(=O)OCC(=O)Nc2ccccc2SC)CC1=O. The Morgan fingerprint density at radius 3 is 2.66 bits per heavy atom. The average molecular weight is 413 g/mol. The van der Waals surface area contributed by atoms with Crippen molar-refractivity contribution in [1.29, 1.82) is 0 Å². The van der Waals surface area contributed by atoms with Crippen LogP contribution in [0.3, 0.4) is 0 Å². The van der Waals surface area contributed by atoms with Gasteiger partial charge in [0, 0.05) is 23.5 Å². The molecule has 0 bridgehead atoms. The van der Waals surface area contributed by atoms with Gasteiger partial charge in [0.05, 0.1) is 11.6 Å². The van der Waals surface area contributed by atoms with E-state index in [1.54, 1.807) is 11.0 Å². The minimum atomic E-state index is -0.571. The largest absolute Gasteiger partial charge is 0.455 e. The fraction of sp³-hybridized carbons (Fsp3) is 0.318. The van der Waals surface area contributed by atoms with Crippen molar-refractivity contribution < 1.29 is 19.1 Å². The Kier molecular flexibility index (Phi) is 6.93. The third-order valence-corrected chi connectivity index (χ3v) is 5.64. The van der Waals surface area contributed by atoms with Crippen LogP contribution in [0.2, 0.25) is 0 Å². The molecular formula is C22H24N2O4S. The van der Waals surface area contributed by atoms with Crippen molar-refractivity contribution in [2.75, 3.05) is 29.6 Å². The van der Waals surface area contributed by atoms with Crippen LogP contribution in [0.1, 0.15) is 18.9 Å². The molecule has 1 fully saturated rings. The first-order valence-electron chi connectivity index (χ1n) is 9.51. The zero-order valence-corrected chi connectivity index (χ0v) is 17.3. The number of hydrogen-bond donors (Lipinski definition) is 1. The summed E-state index contributed by atoms with van der Waals surface area (Å²) in [5, 5.41) is 2.75. The molecule has 1 aliphatic heterocycles. The Hall–Kier alpha value is -2.80. The monoisotopic (exact) mass is 412 g/mol. The van der Waals surface area contributed by atoms with Crippen LogP contribution in [-0.4, -0.2) is 37.2 Å². The maximum absolute atomic E-state index is 12.4. The van der Waals surface area contributed by atoms with Gasteiger partial charge in [-0.05, 0) is 36.4 Å². The van der Waals surface area contributed by atoms with Crippen molar-refractivity contribution in [3.63, 3.8) is 0 Å². The molecule has 0 aromatic heterocycles. The molecule has 2 aromatic rings. The first kappa shape index (κ1) is 20.9. The molecule has 0 aliphatic carbocycles. The van der Waals surface area contributed by atoms with Gasteiger partial charge in [-0.3, -0.25) is 14.4 Å². The van der Waals surface area contributed by atoms with Crippen LogP contribution in [0, 0.1) is 5.92 Å². The van der Waals surface area contributed by atoms with Crippen molar-refractivity contribution >= 4 is 40.9 Å². The summed E-state index contributed by atoms with van der Waals surface area (Å²) in [5.74, 6) is -1.61. The molecule has 2 aromatic carbocycles. The van der Waals surface area contributed by atoms with Gasteiger partial charge in [0.25, 0.3) is 5.91 Å². The molecule has 3 rings (SSSR count). The summed E-state index contributed by atoms with van der Waals surface area (Å²) in [4.78, 5) is 39.6. The number of hydrogen-bond acceptors (Lipinski definition) is 5. The number of carbonyl (C=O) groups is 3. The van der Waals surface area contributed by atoms with Crippen LogP contribution >= 0.6 is 11.8 Å². The van der Waals surface area contributed by atoms with Crippen LogP contribution in [0.5, 0.6) is 0 Å². The molecule has 1 atom stereocenters. The number of aryl methyl sites for hydroxylation is 1. The van der Waals surface area contributed by atoms with E-state index in [1.807, 2.05) is 55.6 Å². The molecule has 6 nitrogen and oxygen atoms in total. The smallest absolute Gasteiger partial charge is 0.311 e. The summed E-state index contributed by atoms with van der Waals surface area (Å²) < 4.78 is 5.19. The molecule has 2 amide bonds. The molecule has 7 heteroatoms. The fourth-order valence-electron chi connectivity index (χ4n) is 3.36. The number of amides is 2. The summed E-state index contributed by atoms with van der Waals surface area (Å²) in [7, 11) is 0. The molecule has 1 heterocycles. The van der Waals surface area contributed by atoms with Gasteiger partial charge in [0.2, 0.25) is 5.91 Å². The lowest BCUT2D eigenvalue weighted by Gasteiger charge is -2.19. The Morgan fingerprint density at radius 1 is 1.17 bits per heavy atom. The molecule has 0 saturated carbocycles. The van der Waals surface area contributed by atoms with Gasteiger partial charge in [-0.2, -0.15) is 0 Å². The second kappa shape index (κ2) is 9.60. The molecule has 1 aliphatic rings. The second-order valence-corrected chi connectivity index (χ2v) is 7.59. The number of anilines is 2. The van der Waals surface area contributed by atoms with Crippen molar-refractivity contribution in [2.24, 2.45) is 5.92 Å². The quantitative estimate of drug-likeness (QED) is 0.556. The van der Waals surface area contributed by atoms with Crippen LogP contribution in [0.25, 0.3) is 0 Å². The summed E-state index contributed by atoms with van der Waals surface area (Å²) >= 11 is 1.52. The summed E-state index contributed by atoms with van der Waals surface area (Å²) in [6, 6.07) is 15.1. The average Bonchev–Trinajstić information content (AvgIpc) is 3.13. The first-order chi connectivity index (χ1) is 14.0. The summed E-state index contributed by atoms with van der Waals surface area (Å²) in [6.45, 7) is 1.92. The minimum absolute atomic E-state index is 0.0911. The first-order valence-corrected chi connectivity index (χ1v) is 10.7. The highest BCUT2D eigenvalue weighted by molar-refractivity contribution is 7.98. The molecule has 29 heavy (non-hydrogen) atoms. The van der Waals surface area contributed by atoms with E-state index < -0.39 is 17.8 Å². The van der Waals surface area contributed by atoms with Crippen LogP contribution < -0.4 is 10.2 Å². The summed E-state index contributed by atoms with van der Waals surface area (Å²) in [6.07, 6.45) is 2.81. The predicted octanol–water partition coefficient (Wildman–Crippen LogP) is 3.51. The third kappa shape index (κ3) is 4.98. The lowest BCUT2D eigenvalue weighted by atomic mass is 10.1. The number of thioether (sulfide) groups is 1. The van der Waals surface area contributed by atoms with E-state index in [2.05, 4.69) is 5.32 Å². The molecule has 0 unspecified atom stereocenters. The Morgan fingerprint density at radius 2 is 1.90 bits per heavy atom. The maximum Gasteiger partial charge on any atom is 0.311 e. The number of ether oxygens (including phenoxy) is 1. The van der Waals surface area contributed by atoms with Crippen LogP contribution in [-0.2, 0) is 25.5 Å². The van der Waals surface area contributed by atoms with Crippen molar-refractivity contribution in [3.05, 3.63) is 54.1 Å². The van der Waals surface area contributed by atoms with Gasteiger partial charge < -0.3 is 15.0 Å². The van der Waals surface area contributed by atoms with Gasteiger partial charge in [-0.15, -0.1) is 11.8 Å². The van der Waals surface area contributed by atoms with E-state index in [0.717, 1.165) is 22.6 Å². The van der Waals surface area contributed by atoms with E-state index in [-0.39, 0.29) is 25.5 Å². The fourth-order valence-corrected chi connectivity index (χ4v) is 3.91. The van der Waals surface area contributed by atoms with Crippen molar-refractivity contribution in [1.82, 2.24) is 0 Å². The number of benzene rings is 2. The number of nitrogens with zero attached hydrogens (tertiary/aromatic N) is 1. The van der Waals surface area contributed by atoms with E-state index in [0.29, 0.717) is 5.69 Å². The van der Waals surface area contributed by atoms with Crippen LogP contribution in [0.15, 0.2) is 53.4 Å². The number of esters is 1. The van der Waals surface area contributed by atoms with Crippen LogP contribution in [0.4, 0.5) is 11.4 Å². The molecule has 152 valence electrons. The third-order valence-electron chi connectivity index (χ3n) is 4.85. The van der Waals surface area contributed by atoms with Gasteiger partial charge in [0.15, 0.2) is 6.61 Å². The molecule has 1 saturated heterocycles. The Labute approximate surface area is 174 Å². The predicted molar refractivity (Wildman–Crippen MR) is 114 cm³/mol. The number of rotatable bonds is 7. The topological polar surface area (TPSA) is 75.7 Å². The normalized spacial score (nSPS) is 16.0. The molecular weight excluding hydrogens is 388 g/mol. The lowest BCUT2D eigenvalue weighted by molar-refractivity contribution is -0.151. The number of carbonyl (C=O) groups excluding carboxylic acids is 3. The van der Waals surface area contributed by atoms with E-state index in [4.69, 9.17) is 4.74 Å². The Bertz CT molecular complexity index is 915. The van der Waals surface area contributed by atoms with Gasteiger partial charge >= 0.3 is 5.97 Å². The summed E-state index contributed by atoms with van der Waals surface area (Å²) in [5.41, 5.74) is 2.57. The Balaban J connectivity index is 1.56. The highest BCUT2D eigenvalue weighted by Gasteiger charge is 2.37. The van der Waals surface area contributed by atoms with Gasteiger partial charge in [-0.1, -0.05) is 37.3 Å². The highest BCUT2D eigenvalue weighted by atomic mass is 32.2. The highest BCUT2D eigenvalue weighted by Crippen LogP contribution is 2.29. The standard InChI is InChI=1S/C22H24N2O4S/c1-3-15-8-4-6-10-18(15)24-13-16(12-21(24)26)22(27)28-14-20(25)23-17-9-5-7-11-19(17)29-2/h4-11,16H,3,12-14H2,1-2H3,(H,23,25)/t16-/m1/s1. The minimum Gasteiger partial charge on any atom is -0.455 e. The van der Waals surface area contributed by atoms with E-state index >= 15 is 0 Å². The molecule has 1 N–H and O–H groups in total. The molecule has 0 spiro atoms. The number of para-hydroxylation sites is 2. The van der Waals surface area contributed by atoms with Gasteiger partial charge in [0.1, 0.15) is 0 Å². The zero-order chi connectivity index (χ0) is 20.8. The zero-order valence-electron chi connectivity index (χ0n) is 16.5. The molecule has 0 radical (unpaired) electrons. The second-order valence-electron chi connectivity index (χ2n) is 6.74. The number of nitrogens with one attached hydrogen (secondary N) is 1. The van der Waals surface area contributed by atoms with Gasteiger partial charge in [-0.25, -0.2) is 0 Å². The van der Waals surface area contributed by atoms with E-state index in [1.165, 1.54) is 11.8 Å².